The molecule has 14 heavy (non-hydrogen) atoms. The van der Waals surface area contributed by atoms with Gasteiger partial charge < -0.3 is 5.32 Å². The largest absolute Gasteiger partial charge is 0.356 e. The zero-order chi connectivity index (χ0) is 10.8. The zero-order valence-corrected chi connectivity index (χ0v) is 10.6. The van der Waals surface area contributed by atoms with E-state index in [1.807, 2.05) is 6.26 Å². The SMILES string of the molecule is CCC(CCCl)CNC(=O)CCSC. The van der Waals surface area contributed by atoms with Crippen LogP contribution < -0.4 is 5.32 Å². The number of carbonyl (C=O) groups is 1. The van der Waals surface area contributed by atoms with Crippen LogP contribution in [0.15, 0.2) is 0 Å². The molecule has 0 aromatic carbocycles. The van der Waals surface area contributed by atoms with Gasteiger partial charge in [0.2, 0.25) is 5.91 Å². The van der Waals surface area contributed by atoms with Gasteiger partial charge >= 0.3 is 0 Å². The fraction of sp³-hybridized carbons (Fsp3) is 0.900. The highest BCUT2D eigenvalue weighted by Gasteiger charge is 2.07. The summed E-state index contributed by atoms with van der Waals surface area (Å²) in [5, 5.41) is 2.94. The van der Waals surface area contributed by atoms with Crippen LogP contribution in [0.1, 0.15) is 26.2 Å². The quantitative estimate of drug-likeness (QED) is 0.658. The van der Waals surface area contributed by atoms with Gasteiger partial charge in [0.1, 0.15) is 0 Å². The van der Waals surface area contributed by atoms with Crippen LogP contribution in [0.5, 0.6) is 0 Å². The van der Waals surface area contributed by atoms with E-state index in [1.165, 1.54) is 0 Å². The van der Waals surface area contributed by atoms with Gasteiger partial charge in [0.15, 0.2) is 0 Å². The molecule has 1 atom stereocenters. The Labute approximate surface area is 96.2 Å². The second-order valence-corrected chi connectivity index (χ2v) is 4.66. The van der Waals surface area contributed by atoms with Crippen molar-refractivity contribution >= 4 is 29.3 Å². The summed E-state index contributed by atoms with van der Waals surface area (Å²) < 4.78 is 0. The summed E-state index contributed by atoms with van der Waals surface area (Å²) in [6, 6.07) is 0. The highest BCUT2D eigenvalue weighted by atomic mass is 35.5. The van der Waals surface area contributed by atoms with Gasteiger partial charge in [0.25, 0.3) is 0 Å². The van der Waals surface area contributed by atoms with Crippen LogP contribution in [0.25, 0.3) is 0 Å². The van der Waals surface area contributed by atoms with Crippen LogP contribution in [0.2, 0.25) is 0 Å². The monoisotopic (exact) mass is 237 g/mol. The molecule has 1 unspecified atom stereocenters. The van der Waals surface area contributed by atoms with Crippen LogP contribution in [0.4, 0.5) is 0 Å². The number of alkyl halides is 1. The first-order valence-electron chi connectivity index (χ1n) is 5.06. The van der Waals surface area contributed by atoms with Crippen molar-refractivity contribution in [2.24, 2.45) is 5.92 Å². The van der Waals surface area contributed by atoms with Gasteiger partial charge in [-0.05, 0) is 18.6 Å². The van der Waals surface area contributed by atoms with E-state index >= 15 is 0 Å². The molecule has 0 aliphatic rings. The number of amides is 1. The first-order chi connectivity index (χ1) is 6.74. The molecule has 0 rings (SSSR count). The fourth-order valence-corrected chi connectivity index (χ4v) is 1.84. The summed E-state index contributed by atoms with van der Waals surface area (Å²) in [4.78, 5) is 11.3. The van der Waals surface area contributed by atoms with Gasteiger partial charge in [-0.2, -0.15) is 11.8 Å². The molecule has 0 spiro atoms. The number of thioether (sulfide) groups is 1. The Balaban J connectivity index is 3.52. The average molecular weight is 238 g/mol. The minimum absolute atomic E-state index is 0.160. The highest BCUT2D eigenvalue weighted by Crippen LogP contribution is 2.07. The standard InChI is InChI=1S/C10H20ClNOS/c1-3-9(4-6-11)8-12-10(13)5-7-14-2/h9H,3-8H2,1-2H3,(H,12,13). The number of hydrogen-bond donors (Lipinski definition) is 1. The lowest BCUT2D eigenvalue weighted by atomic mass is 10.0. The van der Waals surface area contributed by atoms with Crippen molar-refractivity contribution in [2.75, 3.05) is 24.4 Å². The molecule has 0 aromatic rings. The van der Waals surface area contributed by atoms with Gasteiger partial charge in [-0.3, -0.25) is 4.79 Å². The maximum atomic E-state index is 11.3. The molecule has 0 saturated carbocycles. The lowest BCUT2D eigenvalue weighted by molar-refractivity contribution is -0.120. The number of nitrogens with one attached hydrogen (secondary N) is 1. The average Bonchev–Trinajstić information content (AvgIpc) is 2.21. The van der Waals surface area contributed by atoms with Crippen LogP contribution in [0.3, 0.4) is 0 Å². The first-order valence-corrected chi connectivity index (χ1v) is 6.99. The van der Waals surface area contributed by atoms with Crippen molar-refractivity contribution in [3.05, 3.63) is 0 Å². The van der Waals surface area contributed by atoms with E-state index in [1.54, 1.807) is 11.8 Å². The molecule has 0 bridgehead atoms. The predicted molar refractivity (Wildman–Crippen MR) is 65.1 cm³/mol. The van der Waals surface area contributed by atoms with Gasteiger partial charge in [-0.25, -0.2) is 0 Å². The van der Waals surface area contributed by atoms with Gasteiger partial charge in [0.05, 0.1) is 0 Å². The summed E-state index contributed by atoms with van der Waals surface area (Å²) in [6.07, 6.45) is 4.70. The predicted octanol–water partition coefficient (Wildman–Crippen LogP) is 2.51. The van der Waals surface area contributed by atoms with Crippen molar-refractivity contribution in [3.63, 3.8) is 0 Å². The normalized spacial score (nSPS) is 12.5. The van der Waals surface area contributed by atoms with Crippen LogP contribution in [-0.4, -0.2) is 30.3 Å². The maximum Gasteiger partial charge on any atom is 0.220 e. The molecule has 0 fully saturated rings. The molecule has 4 heteroatoms. The lowest BCUT2D eigenvalue weighted by Gasteiger charge is -2.13. The summed E-state index contributed by atoms with van der Waals surface area (Å²) in [7, 11) is 0. The molecule has 0 aliphatic carbocycles. The number of hydrogen-bond acceptors (Lipinski definition) is 2. The molecule has 1 amide bonds. The number of rotatable bonds is 8. The van der Waals surface area contributed by atoms with E-state index in [4.69, 9.17) is 11.6 Å². The molecule has 84 valence electrons. The molecule has 0 heterocycles. The minimum atomic E-state index is 0.160. The van der Waals surface area contributed by atoms with Gasteiger partial charge in [-0.15, -0.1) is 11.6 Å². The van der Waals surface area contributed by atoms with Crippen LogP contribution in [0, 0.1) is 5.92 Å². The Morgan fingerprint density at radius 1 is 1.57 bits per heavy atom. The summed E-state index contributed by atoms with van der Waals surface area (Å²) in [5.74, 6) is 2.27. The molecule has 1 N–H and O–H groups in total. The number of halogens is 1. The Morgan fingerprint density at radius 2 is 2.29 bits per heavy atom. The van der Waals surface area contributed by atoms with Gasteiger partial charge in [0, 0.05) is 24.6 Å². The maximum absolute atomic E-state index is 11.3. The lowest BCUT2D eigenvalue weighted by Crippen LogP contribution is -2.29. The Hall–Kier alpha value is 0.110. The molecule has 0 radical (unpaired) electrons. The fourth-order valence-electron chi connectivity index (χ4n) is 1.15. The van der Waals surface area contributed by atoms with Crippen molar-refractivity contribution in [2.45, 2.75) is 26.2 Å². The zero-order valence-electron chi connectivity index (χ0n) is 9.01. The number of carbonyl (C=O) groups excluding carboxylic acids is 1. The topological polar surface area (TPSA) is 29.1 Å². The summed E-state index contributed by atoms with van der Waals surface area (Å²) in [6.45, 7) is 2.90. The van der Waals surface area contributed by atoms with E-state index in [-0.39, 0.29) is 5.91 Å². The van der Waals surface area contributed by atoms with E-state index < -0.39 is 0 Å². The summed E-state index contributed by atoms with van der Waals surface area (Å²) >= 11 is 7.36. The molecule has 2 nitrogen and oxygen atoms in total. The molecular weight excluding hydrogens is 218 g/mol. The van der Waals surface area contributed by atoms with E-state index in [2.05, 4.69) is 12.2 Å². The van der Waals surface area contributed by atoms with E-state index in [0.717, 1.165) is 25.1 Å². The summed E-state index contributed by atoms with van der Waals surface area (Å²) in [5.41, 5.74) is 0. The van der Waals surface area contributed by atoms with Crippen LogP contribution >= 0.6 is 23.4 Å². The van der Waals surface area contributed by atoms with Crippen LogP contribution in [-0.2, 0) is 4.79 Å². The Kier molecular flexibility index (Phi) is 9.73. The third-order valence-electron chi connectivity index (χ3n) is 2.22. The van der Waals surface area contributed by atoms with Crippen molar-refractivity contribution in [1.82, 2.24) is 5.32 Å². The Bertz CT molecular complexity index is 155. The minimum Gasteiger partial charge on any atom is -0.356 e. The molecule has 0 saturated heterocycles. The smallest absolute Gasteiger partial charge is 0.220 e. The third-order valence-corrected chi connectivity index (χ3v) is 3.05. The second-order valence-electron chi connectivity index (χ2n) is 3.30. The van der Waals surface area contributed by atoms with E-state index in [0.29, 0.717) is 18.2 Å². The van der Waals surface area contributed by atoms with Crippen molar-refractivity contribution in [3.8, 4) is 0 Å². The first kappa shape index (κ1) is 14.1. The highest BCUT2D eigenvalue weighted by molar-refractivity contribution is 7.98. The van der Waals surface area contributed by atoms with E-state index in [9.17, 15) is 4.79 Å². The van der Waals surface area contributed by atoms with Gasteiger partial charge in [-0.1, -0.05) is 13.3 Å². The van der Waals surface area contributed by atoms with Crippen molar-refractivity contribution in [1.29, 1.82) is 0 Å². The third kappa shape index (κ3) is 7.51. The second kappa shape index (κ2) is 9.66. The Morgan fingerprint density at radius 3 is 2.79 bits per heavy atom. The molecule has 0 aliphatic heterocycles. The molecular formula is C10H20ClNOS. The molecule has 0 aromatic heterocycles. The van der Waals surface area contributed by atoms with Crippen molar-refractivity contribution < 1.29 is 4.79 Å².